The van der Waals surface area contributed by atoms with Gasteiger partial charge in [0.05, 0.1) is 12.2 Å². The van der Waals surface area contributed by atoms with Gasteiger partial charge >= 0.3 is 0 Å². The lowest BCUT2D eigenvalue weighted by molar-refractivity contribution is -0.0803. The van der Waals surface area contributed by atoms with E-state index >= 15 is 0 Å². The summed E-state index contributed by atoms with van der Waals surface area (Å²) in [6.45, 7) is 12.6. The second kappa shape index (κ2) is 5.68. The monoisotopic (exact) mass is 240 g/mol. The van der Waals surface area contributed by atoms with Crippen LogP contribution in [0, 0.1) is 5.41 Å². The first-order valence-corrected chi connectivity index (χ1v) is 7.22. The highest BCUT2D eigenvalue weighted by molar-refractivity contribution is 4.88. The standard InChI is InChI=1S/C14H28N2O/c1-4-14(5-7-15-8-6-14)11-16-9-12(2)17-13(3)10-16/h12-13,15H,4-11H2,1-3H3/t12-,13+. The minimum Gasteiger partial charge on any atom is -0.373 e. The number of piperidine rings is 1. The molecular formula is C14H28N2O. The van der Waals surface area contributed by atoms with Gasteiger partial charge in [0.1, 0.15) is 0 Å². The van der Waals surface area contributed by atoms with Crippen molar-refractivity contribution < 1.29 is 4.74 Å². The SMILES string of the molecule is CCC1(CN2C[C@@H](C)O[C@@H](C)C2)CCNCC1. The van der Waals surface area contributed by atoms with E-state index in [4.69, 9.17) is 4.74 Å². The fourth-order valence-electron chi connectivity index (χ4n) is 3.47. The molecule has 2 fully saturated rings. The van der Waals surface area contributed by atoms with Gasteiger partial charge in [-0.05, 0) is 51.6 Å². The Kier molecular flexibility index (Phi) is 4.45. The third kappa shape index (κ3) is 3.43. The first-order chi connectivity index (χ1) is 8.13. The van der Waals surface area contributed by atoms with E-state index in [1.54, 1.807) is 0 Å². The van der Waals surface area contributed by atoms with Crippen LogP contribution in [0.5, 0.6) is 0 Å². The summed E-state index contributed by atoms with van der Waals surface area (Å²) >= 11 is 0. The van der Waals surface area contributed by atoms with E-state index in [0.29, 0.717) is 17.6 Å². The molecule has 0 aliphatic carbocycles. The van der Waals surface area contributed by atoms with E-state index in [9.17, 15) is 0 Å². The number of hydrogen-bond donors (Lipinski definition) is 1. The van der Waals surface area contributed by atoms with Crippen LogP contribution in [0.4, 0.5) is 0 Å². The lowest BCUT2D eigenvalue weighted by atomic mass is 9.76. The van der Waals surface area contributed by atoms with Crippen molar-refractivity contribution >= 4 is 0 Å². The van der Waals surface area contributed by atoms with Crippen molar-refractivity contribution in [2.45, 2.75) is 52.2 Å². The predicted octanol–water partition coefficient (Wildman–Crippen LogP) is 1.88. The van der Waals surface area contributed by atoms with Gasteiger partial charge in [0.2, 0.25) is 0 Å². The molecular weight excluding hydrogens is 212 g/mol. The molecule has 0 amide bonds. The lowest BCUT2D eigenvalue weighted by Gasteiger charge is -2.44. The van der Waals surface area contributed by atoms with Gasteiger partial charge in [-0.25, -0.2) is 0 Å². The molecule has 0 aromatic heterocycles. The van der Waals surface area contributed by atoms with Crippen LogP contribution in [0.15, 0.2) is 0 Å². The third-order valence-electron chi connectivity index (χ3n) is 4.47. The normalized spacial score (nSPS) is 34.8. The first-order valence-electron chi connectivity index (χ1n) is 7.22. The minimum absolute atomic E-state index is 0.398. The quantitative estimate of drug-likeness (QED) is 0.815. The van der Waals surface area contributed by atoms with Crippen LogP contribution in [0.1, 0.15) is 40.0 Å². The molecule has 1 N–H and O–H groups in total. The molecule has 17 heavy (non-hydrogen) atoms. The maximum atomic E-state index is 5.82. The highest BCUT2D eigenvalue weighted by atomic mass is 16.5. The zero-order chi connectivity index (χ0) is 12.3. The van der Waals surface area contributed by atoms with Crippen molar-refractivity contribution in [3.63, 3.8) is 0 Å². The van der Waals surface area contributed by atoms with Crippen molar-refractivity contribution in [3.05, 3.63) is 0 Å². The van der Waals surface area contributed by atoms with Crippen molar-refractivity contribution in [1.29, 1.82) is 0 Å². The van der Waals surface area contributed by atoms with E-state index in [0.717, 1.165) is 13.1 Å². The molecule has 2 saturated heterocycles. The Balaban J connectivity index is 1.93. The molecule has 0 unspecified atom stereocenters. The average molecular weight is 240 g/mol. The summed E-state index contributed by atoms with van der Waals surface area (Å²) in [5, 5.41) is 3.49. The van der Waals surface area contributed by atoms with Crippen molar-refractivity contribution in [2.75, 3.05) is 32.7 Å². The number of rotatable bonds is 3. The lowest BCUT2D eigenvalue weighted by Crippen LogP contribution is -2.51. The summed E-state index contributed by atoms with van der Waals surface area (Å²) in [6, 6.07) is 0. The summed E-state index contributed by atoms with van der Waals surface area (Å²) in [5.74, 6) is 0. The van der Waals surface area contributed by atoms with Crippen molar-refractivity contribution in [1.82, 2.24) is 10.2 Å². The van der Waals surface area contributed by atoms with Crippen molar-refractivity contribution in [3.8, 4) is 0 Å². The Bertz CT molecular complexity index is 228. The molecule has 3 heteroatoms. The number of nitrogens with zero attached hydrogens (tertiary/aromatic N) is 1. The zero-order valence-corrected chi connectivity index (χ0v) is 11.7. The fourth-order valence-corrected chi connectivity index (χ4v) is 3.47. The third-order valence-corrected chi connectivity index (χ3v) is 4.47. The first kappa shape index (κ1) is 13.3. The minimum atomic E-state index is 0.398. The van der Waals surface area contributed by atoms with Gasteiger partial charge in [0.15, 0.2) is 0 Å². The molecule has 100 valence electrons. The van der Waals surface area contributed by atoms with Crippen molar-refractivity contribution in [2.24, 2.45) is 5.41 Å². The zero-order valence-electron chi connectivity index (χ0n) is 11.7. The maximum Gasteiger partial charge on any atom is 0.0678 e. The molecule has 0 aromatic rings. The topological polar surface area (TPSA) is 24.5 Å². The van der Waals surface area contributed by atoms with Gasteiger partial charge < -0.3 is 10.1 Å². The number of hydrogen-bond acceptors (Lipinski definition) is 3. The van der Waals surface area contributed by atoms with E-state index in [-0.39, 0.29) is 0 Å². The Morgan fingerprint density at radius 3 is 2.29 bits per heavy atom. The molecule has 0 radical (unpaired) electrons. The second-order valence-electron chi connectivity index (χ2n) is 6.05. The highest BCUT2D eigenvalue weighted by Crippen LogP contribution is 2.34. The molecule has 0 spiro atoms. The summed E-state index contributed by atoms with van der Waals surface area (Å²) in [6.07, 6.45) is 4.78. The molecule has 2 aliphatic heterocycles. The van der Waals surface area contributed by atoms with Crippen LogP contribution in [0.2, 0.25) is 0 Å². The van der Waals surface area contributed by atoms with Crippen LogP contribution in [-0.2, 0) is 4.74 Å². The Morgan fingerprint density at radius 2 is 1.76 bits per heavy atom. The van der Waals surface area contributed by atoms with Crippen LogP contribution >= 0.6 is 0 Å². The number of nitrogens with one attached hydrogen (secondary N) is 1. The predicted molar refractivity (Wildman–Crippen MR) is 71.3 cm³/mol. The van der Waals surface area contributed by atoms with E-state index < -0.39 is 0 Å². The van der Waals surface area contributed by atoms with Crippen LogP contribution < -0.4 is 5.32 Å². The molecule has 0 aromatic carbocycles. The Hall–Kier alpha value is -0.120. The second-order valence-corrected chi connectivity index (χ2v) is 6.05. The Labute approximate surface area is 106 Å². The highest BCUT2D eigenvalue weighted by Gasteiger charge is 2.34. The summed E-state index contributed by atoms with van der Waals surface area (Å²) in [5.41, 5.74) is 0.558. The summed E-state index contributed by atoms with van der Waals surface area (Å²) < 4.78 is 5.82. The Morgan fingerprint density at radius 1 is 1.18 bits per heavy atom. The van der Waals surface area contributed by atoms with Gasteiger partial charge in [-0.2, -0.15) is 0 Å². The van der Waals surface area contributed by atoms with Gasteiger partial charge in [0, 0.05) is 19.6 Å². The molecule has 2 aliphatic rings. The van der Waals surface area contributed by atoms with Gasteiger partial charge in [-0.15, -0.1) is 0 Å². The molecule has 2 heterocycles. The molecule has 3 nitrogen and oxygen atoms in total. The molecule has 0 saturated carbocycles. The number of ether oxygens (including phenoxy) is 1. The smallest absolute Gasteiger partial charge is 0.0678 e. The number of morpholine rings is 1. The van der Waals surface area contributed by atoms with E-state index in [1.165, 1.54) is 38.9 Å². The molecule has 2 atom stereocenters. The summed E-state index contributed by atoms with van der Waals surface area (Å²) in [4.78, 5) is 2.63. The molecule has 2 rings (SSSR count). The fraction of sp³-hybridized carbons (Fsp3) is 1.00. The largest absolute Gasteiger partial charge is 0.373 e. The van der Waals surface area contributed by atoms with Gasteiger partial charge in [-0.1, -0.05) is 6.92 Å². The van der Waals surface area contributed by atoms with Gasteiger partial charge in [0.25, 0.3) is 0 Å². The maximum absolute atomic E-state index is 5.82. The van der Waals surface area contributed by atoms with Crippen LogP contribution in [0.3, 0.4) is 0 Å². The van der Waals surface area contributed by atoms with Gasteiger partial charge in [-0.3, -0.25) is 4.90 Å². The average Bonchev–Trinajstić information content (AvgIpc) is 2.29. The van der Waals surface area contributed by atoms with E-state index in [1.807, 2.05) is 0 Å². The van der Waals surface area contributed by atoms with Crippen LogP contribution in [-0.4, -0.2) is 49.8 Å². The van der Waals surface area contributed by atoms with Crippen LogP contribution in [0.25, 0.3) is 0 Å². The van der Waals surface area contributed by atoms with E-state index in [2.05, 4.69) is 31.0 Å². The summed E-state index contributed by atoms with van der Waals surface area (Å²) in [7, 11) is 0. The molecule has 0 bridgehead atoms.